The smallest absolute Gasteiger partial charge is 0.335 e. The molecule has 1 aromatic carbocycles. The van der Waals surface area contributed by atoms with E-state index in [1.54, 1.807) is 6.07 Å². The first-order valence-electron chi connectivity index (χ1n) is 6.88. The van der Waals surface area contributed by atoms with Crippen LogP contribution in [-0.2, 0) is 10.8 Å². The number of nitrogens with one attached hydrogen (secondary N) is 1. The third-order valence-electron chi connectivity index (χ3n) is 3.35. The number of carboxylic acid groups (broad SMARTS) is 1. The van der Waals surface area contributed by atoms with Gasteiger partial charge >= 0.3 is 5.97 Å². The molecule has 122 valence electrons. The van der Waals surface area contributed by atoms with Crippen molar-refractivity contribution < 1.29 is 14.1 Å². The third kappa shape index (κ3) is 3.06. The van der Waals surface area contributed by atoms with Gasteiger partial charge in [-0.3, -0.25) is 4.21 Å². The van der Waals surface area contributed by atoms with E-state index in [9.17, 15) is 9.00 Å². The van der Waals surface area contributed by atoms with E-state index in [1.165, 1.54) is 30.9 Å². The molecular formula is C15H13N5O3S. The molecule has 1 atom stereocenters. The van der Waals surface area contributed by atoms with Crippen molar-refractivity contribution in [1.29, 1.82) is 0 Å². The average Bonchev–Trinajstić information content (AvgIpc) is 2.56. The minimum Gasteiger partial charge on any atom is -0.478 e. The summed E-state index contributed by atoms with van der Waals surface area (Å²) in [5.74, 6) is -0.628. The lowest BCUT2D eigenvalue weighted by Crippen LogP contribution is -2.04. The number of benzene rings is 1. The van der Waals surface area contributed by atoms with Gasteiger partial charge in [-0.15, -0.1) is 0 Å². The van der Waals surface area contributed by atoms with Crippen molar-refractivity contribution >= 4 is 39.3 Å². The molecule has 0 saturated carbocycles. The Morgan fingerprint density at radius 1 is 1.25 bits per heavy atom. The highest BCUT2D eigenvalue weighted by Gasteiger charge is 2.12. The number of carbonyl (C=O) groups is 1. The van der Waals surface area contributed by atoms with Gasteiger partial charge in [0.15, 0.2) is 5.82 Å². The van der Waals surface area contributed by atoms with Gasteiger partial charge in [-0.25, -0.2) is 24.7 Å². The van der Waals surface area contributed by atoms with Crippen LogP contribution in [0.4, 0.5) is 11.5 Å². The van der Waals surface area contributed by atoms with Crippen LogP contribution in [0, 0.1) is 6.92 Å². The molecule has 2 aromatic heterocycles. The molecule has 0 bridgehead atoms. The second-order valence-corrected chi connectivity index (χ2v) is 6.30. The Morgan fingerprint density at radius 3 is 2.75 bits per heavy atom. The van der Waals surface area contributed by atoms with E-state index in [0.29, 0.717) is 22.5 Å². The molecule has 3 aromatic rings. The summed E-state index contributed by atoms with van der Waals surface area (Å²) in [6.07, 6.45) is 4.32. The Morgan fingerprint density at radius 2 is 2.04 bits per heavy atom. The van der Waals surface area contributed by atoms with Crippen LogP contribution in [0.3, 0.4) is 0 Å². The highest BCUT2D eigenvalue weighted by Crippen LogP contribution is 2.24. The zero-order valence-corrected chi connectivity index (χ0v) is 13.7. The van der Waals surface area contributed by atoms with Crippen molar-refractivity contribution in [3.8, 4) is 0 Å². The maximum atomic E-state index is 11.6. The molecule has 0 radical (unpaired) electrons. The van der Waals surface area contributed by atoms with Crippen LogP contribution < -0.4 is 5.32 Å². The van der Waals surface area contributed by atoms with Crippen molar-refractivity contribution in [3.63, 3.8) is 0 Å². The topological polar surface area (TPSA) is 118 Å². The summed E-state index contributed by atoms with van der Waals surface area (Å²) >= 11 is 0. The second-order valence-electron chi connectivity index (χ2n) is 5.02. The quantitative estimate of drug-likeness (QED) is 0.690. The second kappa shape index (κ2) is 6.28. The highest BCUT2D eigenvalue weighted by molar-refractivity contribution is 7.84. The van der Waals surface area contributed by atoms with Crippen LogP contribution in [-0.4, -0.2) is 41.5 Å². The van der Waals surface area contributed by atoms with E-state index in [2.05, 4.69) is 25.3 Å². The van der Waals surface area contributed by atoms with Gasteiger partial charge in [-0.1, -0.05) is 6.07 Å². The number of hydrogen-bond acceptors (Lipinski definition) is 7. The predicted octanol–water partition coefficient (Wildman–Crippen LogP) is 1.91. The SMILES string of the molecule is Cc1ccc(C(=O)O)cc1Nc1ncnc2cnc(S(C)=O)nc12. The lowest BCUT2D eigenvalue weighted by Gasteiger charge is -2.11. The Balaban J connectivity index is 2.10. The first-order chi connectivity index (χ1) is 11.5. The van der Waals surface area contributed by atoms with Crippen LogP contribution in [0.5, 0.6) is 0 Å². The molecule has 2 N–H and O–H groups in total. The number of fused-ring (bicyclic) bond motifs is 1. The fourth-order valence-electron chi connectivity index (χ4n) is 2.09. The van der Waals surface area contributed by atoms with Crippen molar-refractivity contribution in [1.82, 2.24) is 19.9 Å². The maximum Gasteiger partial charge on any atom is 0.335 e. The monoisotopic (exact) mass is 343 g/mol. The molecule has 9 heteroatoms. The number of carboxylic acids is 1. The summed E-state index contributed by atoms with van der Waals surface area (Å²) in [7, 11) is -1.34. The molecule has 3 rings (SSSR count). The number of aryl methyl sites for hydroxylation is 1. The molecule has 24 heavy (non-hydrogen) atoms. The summed E-state index contributed by atoms with van der Waals surface area (Å²) in [6, 6.07) is 4.75. The van der Waals surface area contributed by atoms with Crippen LogP contribution in [0.2, 0.25) is 0 Å². The molecule has 0 aliphatic heterocycles. The van der Waals surface area contributed by atoms with Crippen LogP contribution in [0.1, 0.15) is 15.9 Å². The largest absolute Gasteiger partial charge is 0.478 e. The molecule has 1 unspecified atom stereocenters. The summed E-state index contributed by atoms with van der Waals surface area (Å²) in [6.45, 7) is 1.85. The van der Waals surface area contributed by atoms with Gasteiger partial charge < -0.3 is 10.4 Å². The molecule has 2 heterocycles. The van der Waals surface area contributed by atoms with Gasteiger partial charge in [-0.05, 0) is 24.6 Å². The summed E-state index contributed by atoms with van der Waals surface area (Å²) < 4.78 is 11.6. The molecular weight excluding hydrogens is 330 g/mol. The lowest BCUT2D eigenvalue weighted by atomic mass is 10.1. The molecule has 0 saturated heterocycles. The predicted molar refractivity (Wildman–Crippen MR) is 88.9 cm³/mol. The summed E-state index contributed by atoms with van der Waals surface area (Å²) in [5.41, 5.74) is 2.51. The minimum absolute atomic E-state index is 0.159. The lowest BCUT2D eigenvalue weighted by molar-refractivity contribution is 0.0697. The number of rotatable bonds is 4. The van der Waals surface area contributed by atoms with Gasteiger partial charge in [-0.2, -0.15) is 0 Å². The normalized spacial score (nSPS) is 12.1. The average molecular weight is 343 g/mol. The van der Waals surface area contributed by atoms with Gasteiger partial charge in [0.05, 0.1) is 22.6 Å². The van der Waals surface area contributed by atoms with Gasteiger partial charge in [0, 0.05) is 11.9 Å². The van der Waals surface area contributed by atoms with Gasteiger partial charge in [0.1, 0.15) is 17.4 Å². The fraction of sp³-hybridized carbons (Fsp3) is 0.133. The minimum atomic E-state index is -1.34. The number of anilines is 2. The van der Waals surface area contributed by atoms with Crippen LogP contribution in [0.15, 0.2) is 35.9 Å². The summed E-state index contributed by atoms with van der Waals surface area (Å²) in [5, 5.41) is 12.4. The Kier molecular flexibility index (Phi) is 4.17. The Bertz CT molecular complexity index is 976. The number of nitrogens with zero attached hydrogens (tertiary/aromatic N) is 4. The third-order valence-corrected chi connectivity index (χ3v) is 4.06. The highest BCUT2D eigenvalue weighted by atomic mass is 32.2. The van der Waals surface area contributed by atoms with Crippen LogP contribution >= 0.6 is 0 Å². The zero-order chi connectivity index (χ0) is 17.3. The standard InChI is InChI=1S/C15H13N5O3S/c1-8-3-4-9(14(21)22)5-10(8)19-13-12-11(17-7-18-13)6-16-15(20-12)24(2)23/h3-7H,1-2H3,(H,21,22)(H,17,18,19). The van der Waals surface area contributed by atoms with E-state index in [-0.39, 0.29) is 10.7 Å². The zero-order valence-electron chi connectivity index (χ0n) is 12.8. The first kappa shape index (κ1) is 15.9. The number of aromatic nitrogens is 4. The first-order valence-corrected chi connectivity index (χ1v) is 8.43. The van der Waals surface area contributed by atoms with Crippen molar-refractivity contribution in [3.05, 3.63) is 41.9 Å². The van der Waals surface area contributed by atoms with Gasteiger partial charge in [0.25, 0.3) is 0 Å². The van der Waals surface area contributed by atoms with Crippen molar-refractivity contribution in [2.45, 2.75) is 12.1 Å². The molecule has 0 aliphatic carbocycles. The van der Waals surface area contributed by atoms with Crippen LogP contribution in [0.25, 0.3) is 11.0 Å². The molecule has 0 amide bonds. The van der Waals surface area contributed by atoms with E-state index in [4.69, 9.17) is 5.11 Å². The van der Waals surface area contributed by atoms with Gasteiger partial charge in [0.2, 0.25) is 5.16 Å². The summed E-state index contributed by atoms with van der Waals surface area (Å²) in [4.78, 5) is 27.6. The molecule has 8 nitrogen and oxygen atoms in total. The Hall–Kier alpha value is -2.94. The maximum absolute atomic E-state index is 11.6. The molecule has 0 aliphatic rings. The van der Waals surface area contributed by atoms with Crippen molar-refractivity contribution in [2.24, 2.45) is 0 Å². The van der Waals surface area contributed by atoms with E-state index in [1.807, 2.05) is 6.92 Å². The number of hydrogen-bond donors (Lipinski definition) is 2. The fourth-order valence-corrected chi connectivity index (χ4v) is 2.51. The van der Waals surface area contributed by atoms with E-state index < -0.39 is 16.8 Å². The Labute approximate surface area is 139 Å². The van der Waals surface area contributed by atoms with E-state index in [0.717, 1.165) is 5.56 Å². The van der Waals surface area contributed by atoms with Crippen molar-refractivity contribution in [2.75, 3.05) is 11.6 Å². The number of aromatic carboxylic acids is 1. The molecule has 0 fully saturated rings. The van der Waals surface area contributed by atoms with E-state index >= 15 is 0 Å². The molecule has 0 spiro atoms.